The lowest BCUT2D eigenvalue weighted by Gasteiger charge is -2.21. The maximum atomic E-state index is 6.06. The third-order valence-electron chi connectivity index (χ3n) is 4.48. The van der Waals surface area contributed by atoms with E-state index in [1.807, 2.05) is 18.2 Å². The van der Waals surface area contributed by atoms with Crippen LogP contribution in [-0.4, -0.2) is 13.2 Å². The number of aryl methyl sites for hydroxylation is 4. The zero-order valence-corrected chi connectivity index (χ0v) is 14.9. The maximum Gasteiger partial charge on any atom is 0.122 e. The predicted octanol–water partition coefficient (Wildman–Crippen LogP) is 4.82. The van der Waals surface area contributed by atoms with Crippen LogP contribution in [0.1, 0.15) is 46.6 Å². The van der Waals surface area contributed by atoms with Crippen molar-refractivity contribution in [2.45, 2.75) is 46.5 Å². The zero-order valence-electron chi connectivity index (χ0n) is 14.9. The molecule has 0 heterocycles. The fraction of sp³-hybridized carbons (Fsp3) is 0.429. The Morgan fingerprint density at radius 3 is 2.22 bits per heavy atom. The van der Waals surface area contributed by atoms with E-state index in [4.69, 9.17) is 10.5 Å². The van der Waals surface area contributed by atoms with E-state index in [0.29, 0.717) is 12.5 Å². The van der Waals surface area contributed by atoms with E-state index in [2.05, 4.69) is 45.9 Å². The molecule has 2 heteroatoms. The molecule has 0 spiro atoms. The second-order valence-corrected chi connectivity index (χ2v) is 6.50. The van der Waals surface area contributed by atoms with Gasteiger partial charge in [0.25, 0.3) is 0 Å². The quantitative estimate of drug-likeness (QED) is 0.744. The molecule has 0 fully saturated rings. The van der Waals surface area contributed by atoms with Gasteiger partial charge < -0.3 is 10.5 Å². The molecule has 1 unspecified atom stereocenters. The number of nitrogens with two attached hydrogens (primary N) is 1. The number of hydrogen-bond donors (Lipinski definition) is 1. The number of para-hydroxylation sites is 1. The summed E-state index contributed by atoms with van der Waals surface area (Å²) in [6, 6.07) is 12.7. The van der Waals surface area contributed by atoms with Crippen molar-refractivity contribution in [2.24, 2.45) is 5.73 Å². The average Bonchev–Trinajstić information content (AvgIpc) is 2.50. The molecule has 0 aliphatic rings. The minimum atomic E-state index is 0.413. The minimum Gasteiger partial charge on any atom is -0.493 e. The SMILES string of the molecule is Cc1cc(C)c(C(CN)CCCOc2ccccc2C)c(C)c1. The van der Waals surface area contributed by atoms with Gasteiger partial charge in [-0.05, 0) is 81.3 Å². The van der Waals surface area contributed by atoms with E-state index in [0.717, 1.165) is 25.2 Å². The highest BCUT2D eigenvalue weighted by Crippen LogP contribution is 2.28. The molecule has 2 aromatic rings. The van der Waals surface area contributed by atoms with Crippen LogP contribution in [0, 0.1) is 27.7 Å². The van der Waals surface area contributed by atoms with Gasteiger partial charge in [0.05, 0.1) is 6.61 Å². The van der Waals surface area contributed by atoms with E-state index < -0.39 is 0 Å². The van der Waals surface area contributed by atoms with Gasteiger partial charge in [0.1, 0.15) is 5.75 Å². The van der Waals surface area contributed by atoms with Gasteiger partial charge in [0.15, 0.2) is 0 Å². The third-order valence-corrected chi connectivity index (χ3v) is 4.48. The summed E-state index contributed by atoms with van der Waals surface area (Å²) in [5, 5.41) is 0. The van der Waals surface area contributed by atoms with E-state index in [1.54, 1.807) is 0 Å². The first-order valence-corrected chi connectivity index (χ1v) is 8.49. The number of rotatable bonds is 7. The molecular formula is C21H29NO. The van der Waals surface area contributed by atoms with E-state index in [1.165, 1.54) is 27.8 Å². The van der Waals surface area contributed by atoms with Crippen LogP contribution in [0.4, 0.5) is 0 Å². The normalized spacial score (nSPS) is 12.2. The maximum absolute atomic E-state index is 6.06. The molecule has 0 aliphatic carbocycles. The summed E-state index contributed by atoms with van der Waals surface area (Å²) in [4.78, 5) is 0. The summed E-state index contributed by atoms with van der Waals surface area (Å²) in [5.41, 5.74) is 12.7. The van der Waals surface area contributed by atoms with Crippen molar-refractivity contribution in [3.8, 4) is 5.75 Å². The number of benzene rings is 2. The first-order valence-electron chi connectivity index (χ1n) is 8.49. The third kappa shape index (κ3) is 4.59. The van der Waals surface area contributed by atoms with Crippen LogP contribution < -0.4 is 10.5 Å². The van der Waals surface area contributed by atoms with Crippen molar-refractivity contribution in [2.75, 3.05) is 13.2 Å². The summed E-state index contributed by atoms with van der Waals surface area (Å²) in [5.74, 6) is 1.40. The minimum absolute atomic E-state index is 0.413. The smallest absolute Gasteiger partial charge is 0.122 e. The summed E-state index contributed by atoms with van der Waals surface area (Å²) in [6.45, 7) is 10.1. The molecule has 2 rings (SSSR count). The van der Waals surface area contributed by atoms with Crippen LogP contribution >= 0.6 is 0 Å². The Morgan fingerprint density at radius 1 is 0.957 bits per heavy atom. The molecule has 0 radical (unpaired) electrons. The van der Waals surface area contributed by atoms with Crippen LogP contribution in [-0.2, 0) is 0 Å². The molecule has 1 atom stereocenters. The van der Waals surface area contributed by atoms with Crippen LogP contribution in [0.15, 0.2) is 36.4 Å². The largest absolute Gasteiger partial charge is 0.493 e. The summed E-state index contributed by atoms with van der Waals surface area (Å²) in [7, 11) is 0. The fourth-order valence-electron chi connectivity index (χ4n) is 3.45. The molecule has 2 nitrogen and oxygen atoms in total. The average molecular weight is 311 g/mol. The Kier molecular flexibility index (Phi) is 6.23. The van der Waals surface area contributed by atoms with Crippen molar-refractivity contribution < 1.29 is 4.74 Å². The monoisotopic (exact) mass is 311 g/mol. The van der Waals surface area contributed by atoms with Crippen LogP contribution in [0.3, 0.4) is 0 Å². The topological polar surface area (TPSA) is 35.2 Å². The Morgan fingerprint density at radius 2 is 1.61 bits per heavy atom. The summed E-state index contributed by atoms with van der Waals surface area (Å²) in [6.07, 6.45) is 2.08. The molecule has 2 aromatic carbocycles. The van der Waals surface area contributed by atoms with Crippen LogP contribution in [0.2, 0.25) is 0 Å². The highest BCUT2D eigenvalue weighted by atomic mass is 16.5. The van der Waals surface area contributed by atoms with Gasteiger partial charge in [-0.2, -0.15) is 0 Å². The van der Waals surface area contributed by atoms with Gasteiger partial charge in [-0.15, -0.1) is 0 Å². The standard InChI is InChI=1S/C21H29NO/c1-15-12-17(3)21(18(4)13-15)19(14-22)9-7-11-23-20-10-6-5-8-16(20)2/h5-6,8,10,12-13,19H,7,9,11,14,22H2,1-4H3. The number of hydrogen-bond acceptors (Lipinski definition) is 2. The first kappa shape index (κ1) is 17.6. The fourth-order valence-corrected chi connectivity index (χ4v) is 3.45. The number of ether oxygens (including phenoxy) is 1. The van der Waals surface area contributed by atoms with E-state index in [-0.39, 0.29) is 0 Å². The molecule has 2 N–H and O–H groups in total. The second kappa shape index (κ2) is 8.16. The predicted molar refractivity (Wildman–Crippen MR) is 98.4 cm³/mol. The lowest BCUT2D eigenvalue weighted by atomic mass is 9.86. The Hall–Kier alpha value is -1.80. The van der Waals surface area contributed by atoms with Gasteiger partial charge in [-0.25, -0.2) is 0 Å². The molecule has 23 heavy (non-hydrogen) atoms. The van der Waals surface area contributed by atoms with E-state index in [9.17, 15) is 0 Å². The van der Waals surface area contributed by atoms with Crippen molar-refractivity contribution in [3.63, 3.8) is 0 Å². The Balaban J connectivity index is 1.95. The molecule has 0 saturated heterocycles. The van der Waals surface area contributed by atoms with Gasteiger partial charge in [0.2, 0.25) is 0 Å². The van der Waals surface area contributed by atoms with Gasteiger partial charge in [-0.1, -0.05) is 35.9 Å². The van der Waals surface area contributed by atoms with Gasteiger partial charge in [-0.3, -0.25) is 0 Å². The second-order valence-electron chi connectivity index (χ2n) is 6.50. The molecule has 0 aliphatic heterocycles. The van der Waals surface area contributed by atoms with Crippen molar-refractivity contribution in [3.05, 3.63) is 64.2 Å². The molecule has 124 valence electrons. The van der Waals surface area contributed by atoms with Gasteiger partial charge in [0, 0.05) is 0 Å². The van der Waals surface area contributed by atoms with Crippen LogP contribution in [0.25, 0.3) is 0 Å². The highest BCUT2D eigenvalue weighted by Gasteiger charge is 2.15. The lowest BCUT2D eigenvalue weighted by Crippen LogP contribution is -2.16. The van der Waals surface area contributed by atoms with Crippen molar-refractivity contribution in [1.82, 2.24) is 0 Å². The molecular weight excluding hydrogens is 282 g/mol. The van der Waals surface area contributed by atoms with Crippen molar-refractivity contribution in [1.29, 1.82) is 0 Å². The lowest BCUT2D eigenvalue weighted by molar-refractivity contribution is 0.300. The summed E-state index contributed by atoms with van der Waals surface area (Å²) < 4.78 is 5.91. The Bertz CT molecular complexity index is 625. The summed E-state index contributed by atoms with van der Waals surface area (Å²) >= 11 is 0. The zero-order chi connectivity index (χ0) is 16.8. The highest BCUT2D eigenvalue weighted by molar-refractivity contribution is 5.40. The first-order chi connectivity index (χ1) is 11.0. The molecule has 0 aromatic heterocycles. The van der Waals surface area contributed by atoms with E-state index >= 15 is 0 Å². The Labute approximate surface area is 140 Å². The molecule has 0 bridgehead atoms. The van der Waals surface area contributed by atoms with Crippen molar-refractivity contribution >= 4 is 0 Å². The van der Waals surface area contributed by atoms with Gasteiger partial charge >= 0.3 is 0 Å². The van der Waals surface area contributed by atoms with Crippen LogP contribution in [0.5, 0.6) is 5.75 Å². The molecule has 0 saturated carbocycles. The molecule has 0 amide bonds.